The van der Waals surface area contributed by atoms with E-state index in [1.165, 1.54) is 26.1 Å². The van der Waals surface area contributed by atoms with E-state index in [4.69, 9.17) is 11.6 Å². The summed E-state index contributed by atoms with van der Waals surface area (Å²) in [5.74, 6) is -0.353. The Morgan fingerprint density at radius 2 is 1.50 bits per heavy atom. The second-order valence-corrected chi connectivity index (χ2v) is 9.29. The van der Waals surface area contributed by atoms with Crippen LogP contribution in [0.4, 0.5) is 16.2 Å². The number of likely N-dealkylation sites (tertiary alicyclic amines) is 1. The van der Waals surface area contributed by atoms with Gasteiger partial charge in [0.25, 0.3) is 5.91 Å². The van der Waals surface area contributed by atoms with Crippen molar-refractivity contribution >= 4 is 46.7 Å². The van der Waals surface area contributed by atoms with Gasteiger partial charge in [0.15, 0.2) is 0 Å². The van der Waals surface area contributed by atoms with E-state index in [1.54, 1.807) is 11.8 Å². The van der Waals surface area contributed by atoms with Gasteiger partial charge in [-0.05, 0) is 36.2 Å². The molecule has 7 heteroatoms. The van der Waals surface area contributed by atoms with Crippen LogP contribution in [0.5, 0.6) is 0 Å². The minimum atomic E-state index is -0.706. The number of amides is 3. The van der Waals surface area contributed by atoms with Crippen LogP contribution >= 0.6 is 23.4 Å². The lowest BCUT2D eigenvalue weighted by atomic mass is 9.94. The molecule has 0 aromatic heterocycles. The zero-order chi connectivity index (χ0) is 22.1. The molecule has 5 nitrogen and oxygen atoms in total. The molecule has 2 heterocycles. The summed E-state index contributed by atoms with van der Waals surface area (Å²) in [6.45, 7) is 1.22. The van der Waals surface area contributed by atoms with Gasteiger partial charge in [0.05, 0.1) is 17.4 Å². The van der Waals surface area contributed by atoms with Gasteiger partial charge in [0.2, 0.25) is 0 Å². The quantitative estimate of drug-likeness (QED) is 0.305. The second-order valence-electron chi connectivity index (χ2n) is 7.74. The Hall–Kier alpha value is -2.96. The number of nitrogens with zero attached hydrogens (tertiary/aromatic N) is 2. The number of benzene rings is 3. The van der Waals surface area contributed by atoms with E-state index < -0.39 is 17.5 Å². The molecule has 0 bridgehead atoms. The summed E-state index contributed by atoms with van der Waals surface area (Å²) in [6.07, 6.45) is 0.738. The first-order valence-electron chi connectivity index (χ1n) is 10.6. The molecule has 1 fully saturated rings. The summed E-state index contributed by atoms with van der Waals surface area (Å²) >= 11 is 7.99. The van der Waals surface area contributed by atoms with Gasteiger partial charge >= 0.3 is 6.03 Å². The van der Waals surface area contributed by atoms with E-state index in [-0.39, 0.29) is 5.91 Å². The Kier molecular flexibility index (Phi) is 5.81. The molecule has 2 atom stereocenters. The molecule has 3 amide bonds. The first-order chi connectivity index (χ1) is 15.6. The molecule has 1 saturated heterocycles. The molecule has 32 heavy (non-hydrogen) atoms. The van der Waals surface area contributed by atoms with Crippen LogP contribution in [0.3, 0.4) is 0 Å². The minimum Gasteiger partial charge on any atom is -0.340 e. The van der Waals surface area contributed by atoms with E-state index in [1.807, 2.05) is 42.5 Å². The standard InChI is InChI=1S/C25H22ClN3O2S/c26-22-23(17-9-2-1-3-10-17)29(24(22)30)25(31)27-15-8-16-28-18-11-4-6-13-20(18)32-21-14-7-5-12-19(21)28/h1-7,9-14,22-23H,8,15-16H2,(H,27,31). The van der Waals surface area contributed by atoms with E-state index in [0.29, 0.717) is 6.54 Å². The summed E-state index contributed by atoms with van der Waals surface area (Å²) in [4.78, 5) is 31.0. The number of halogens is 1. The molecule has 0 radical (unpaired) electrons. The lowest BCUT2D eigenvalue weighted by molar-refractivity contribution is -0.140. The number of urea groups is 1. The molecule has 0 spiro atoms. The zero-order valence-corrected chi connectivity index (χ0v) is 18.9. The van der Waals surface area contributed by atoms with Crippen LogP contribution in [0, 0.1) is 0 Å². The van der Waals surface area contributed by atoms with Crippen LogP contribution < -0.4 is 10.2 Å². The fourth-order valence-electron chi connectivity index (χ4n) is 4.19. The third-order valence-electron chi connectivity index (χ3n) is 5.76. The number of fused-ring (bicyclic) bond motifs is 2. The van der Waals surface area contributed by atoms with Crippen molar-refractivity contribution in [2.24, 2.45) is 0 Å². The summed E-state index contributed by atoms with van der Waals surface area (Å²) in [5.41, 5.74) is 3.21. The molecule has 162 valence electrons. The van der Waals surface area contributed by atoms with Crippen LogP contribution in [0.1, 0.15) is 18.0 Å². The van der Waals surface area contributed by atoms with Gasteiger partial charge in [-0.15, -0.1) is 11.6 Å². The lowest BCUT2D eigenvalue weighted by Crippen LogP contribution is -2.61. The topological polar surface area (TPSA) is 52.7 Å². The third-order valence-corrected chi connectivity index (χ3v) is 7.31. The number of hydrogen-bond acceptors (Lipinski definition) is 4. The number of nitrogens with one attached hydrogen (secondary N) is 1. The largest absolute Gasteiger partial charge is 0.340 e. The van der Waals surface area contributed by atoms with Crippen molar-refractivity contribution in [2.45, 2.75) is 27.6 Å². The van der Waals surface area contributed by atoms with Crippen molar-refractivity contribution < 1.29 is 9.59 Å². The van der Waals surface area contributed by atoms with Gasteiger partial charge in [-0.1, -0.05) is 66.4 Å². The molecular weight excluding hydrogens is 442 g/mol. The summed E-state index contributed by atoms with van der Waals surface area (Å²) in [6, 6.07) is 25.3. The van der Waals surface area contributed by atoms with E-state index in [2.05, 4.69) is 46.6 Å². The molecule has 3 aromatic rings. The highest BCUT2D eigenvalue weighted by Crippen LogP contribution is 2.47. The van der Waals surface area contributed by atoms with Crippen LogP contribution in [0.25, 0.3) is 0 Å². The summed E-state index contributed by atoms with van der Waals surface area (Å²) in [5, 5.41) is 2.19. The Morgan fingerprint density at radius 1 is 0.906 bits per heavy atom. The number of para-hydroxylation sites is 2. The number of carbonyl (C=O) groups is 2. The third kappa shape index (κ3) is 3.74. The van der Waals surface area contributed by atoms with Gasteiger partial charge in [-0.25, -0.2) is 4.79 Å². The smallest absolute Gasteiger partial charge is 0.324 e. The van der Waals surface area contributed by atoms with Crippen molar-refractivity contribution in [3.8, 4) is 0 Å². The van der Waals surface area contributed by atoms with Crippen molar-refractivity contribution in [3.05, 3.63) is 84.4 Å². The molecule has 5 rings (SSSR count). The number of imide groups is 1. The summed E-state index contributed by atoms with van der Waals surface area (Å²) < 4.78 is 0. The highest BCUT2D eigenvalue weighted by molar-refractivity contribution is 7.99. The first kappa shape index (κ1) is 20.9. The van der Waals surface area contributed by atoms with Gasteiger partial charge in [0, 0.05) is 22.9 Å². The Bertz CT molecular complexity index is 1110. The predicted molar refractivity (Wildman–Crippen MR) is 128 cm³/mol. The Balaban J connectivity index is 1.23. The lowest BCUT2D eigenvalue weighted by Gasteiger charge is -2.42. The summed E-state index contributed by atoms with van der Waals surface area (Å²) in [7, 11) is 0. The maximum Gasteiger partial charge on any atom is 0.324 e. The normalized spacial score (nSPS) is 19.1. The molecule has 3 aromatic carbocycles. The average molecular weight is 464 g/mol. The number of alkyl halides is 1. The van der Waals surface area contributed by atoms with Crippen LogP contribution in [0.2, 0.25) is 0 Å². The van der Waals surface area contributed by atoms with Crippen molar-refractivity contribution in [3.63, 3.8) is 0 Å². The average Bonchev–Trinajstić information content (AvgIpc) is 2.84. The maximum absolute atomic E-state index is 12.7. The Morgan fingerprint density at radius 3 is 2.16 bits per heavy atom. The van der Waals surface area contributed by atoms with Gasteiger partial charge in [-0.3, -0.25) is 9.69 Å². The van der Waals surface area contributed by atoms with Gasteiger partial charge < -0.3 is 10.2 Å². The molecular formula is C25H22ClN3O2S. The van der Waals surface area contributed by atoms with Crippen molar-refractivity contribution in [1.82, 2.24) is 10.2 Å². The fraction of sp³-hybridized carbons (Fsp3) is 0.200. The predicted octanol–water partition coefficient (Wildman–Crippen LogP) is 5.58. The van der Waals surface area contributed by atoms with E-state index in [9.17, 15) is 9.59 Å². The number of hydrogen-bond donors (Lipinski definition) is 1. The fourth-order valence-corrected chi connectivity index (χ4v) is 5.65. The van der Waals surface area contributed by atoms with Crippen LogP contribution in [-0.4, -0.2) is 35.3 Å². The zero-order valence-electron chi connectivity index (χ0n) is 17.3. The molecule has 0 aliphatic carbocycles. The van der Waals surface area contributed by atoms with Crippen LogP contribution in [-0.2, 0) is 4.79 Å². The van der Waals surface area contributed by atoms with Gasteiger partial charge in [0.1, 0.15) is 5.38 Å². The Labute approximate surface area is 196 Å². The SMILES string of the molecule is O=C(NCCCN1c2ccccc2Sc2ccccc21)N1C(=O)C(Cl)C1c1ccccc1. The number of β-lactam (4-membered cyclic amide) rings is 1. The number of anilines is 2. The number of rotatable bonds is 5. The molecule has 0 saturated carbocycles. The first-order valence-corrected chi connectivity index (χ1v) is 11.8. The maximum atomic E-state index is 12.7. The van der Waals surface area contributed by atoms with E-state index >= 15 is 0 Å². The minimum absolute atomic E-state index is 0.353. The molecule has 2 unspecified atom stereocenters. The number of carbonyl (C=O) groups excluding carboxylic acids is 2. The van der Waals surface area contributed by atoms with E-state index in [0.717, 1.165) is 18.5 Å². The molecule has 1 N–H and O–H groups in total. The molecule has 2 aliphatic rings. The highest BCUT2D eigenvalue weighted by atomic mass is 35.5. The van der Waals surface area contributed by atoms with Gasteiger partial charge in [-0.2, -0.15) is 0 Å². The van der Waals surface area contributed by atoms with Crippen molar-refractivity contribution in [2.75, 3.05) is 18.0 Å². The monoisotopic (exact) mass is 463 g/mol. The second kappa shape index (κ2) is 8.88. The van der Waals surface area contributed by atoms with Crippen molar-refractivity contribution in [1.29, 1.82) is 0 Å². The van der Waals surface area contributed by atoms with Crippen LogP contribution in [0.15, 0.2) is 88.7 Å². The molecule has 2 aliphatic heterocycles. The highest BCUT2D eigenvalue weighted by Gasteiger charge is 2.50.